The van der Waals surface area contributed by atoms with Crippen LogP contribution < -0.4 is 4.72 Å². The summed E-state index contributed by atoms with van der Waals surface area (Å²) in [5, 5.41) is 0. The van der Waals surface area contributed by atoms with Gasteiger partial charge < -0.3 is 4.74 Å². The molecule has 18 heavy (non-hydrogen) atoms. The summed E-state index contributed by atoms with van der Waals surface area (Å²) in [6, 6.07) is 2.38. The van der Waals surface area contributed by atoms with Gasteiger partial charge in [0.25, 0.3) is 10.0 Å². The molecule has 1 N–H and O–H groups in total. The maximum Gasteiger partial charge on any atom is 0.324 e. The summed E-state index contributed by atoms with van der Waals surface area (Å²) in [4.78, 5) is 12.4. The molecule has 0 amide bonds. The van der Waals surface area contributed by atoms with E-state index in [1.165, 1.54) is 24.5 Å². The molecule has 0 radical (unpaired) electrons. The predicted molar refractivity (Wildman–Crippen MR) is 70.0 cm³/mol. The van der Waals surface area contributed by atoms with Crippen LogP contribution in [0.1, 0.15) is 18.7 Å². The molecule has 5 nitrogen and oxygen atoms in total. The highest BCUT2D eigenvalue weighted by molar-refractivity contribution is 7.91. The molecule has 0 aromatic carbocycles. The molecule has 0 spiro atoms. The van der Waals surface area contributed by atoms with Gasteiger partial charge in [-0.25, -0.2) is 8.42 Å². The standard InChI is InChI=1S/C11H17NO4S2/c1-7(2)10(11(13)16-4)12-18(14,15)9-6-5-8(3)17-9/h5-7,10,12H,1-4H3. The minimum atomic E-state index is -3.67. The Morgan fingerprint density at radius 3 is 2.39 bits per heavy atom. The molecule has 102 valence electrons. The molecule has 0 fully saturated rings. The Labute approximate surface area is 111 Å². The summed E-state index contributed by atoms with van der Waals surface area (Å²) < 4.78 is 31.3. The Bertz CT molecular complexity index is 519. The molecule has 0 saturated heterocycles. The molecule has 1 heterocycles. The van der Waals surface area contributed by atoms with Gasteiger partial charge in [0, 0.05) is 4.88 Å². The number of carbonyl (C=O) groups excluding carboxylic acids is 1. The van der Waals surface area contributed by atoms with Gasteiger partial charge in [-0.1, -0.05) is 13.8 Å². The Kier molecular flexibility index (Phi) is 4.89. The fourth-order valence-corrected chi connectivity index (χ4v) is 4.00. The molecule has 0 saturated carbocycles. The first-order valence-corrected chi connectivity index (χ1v) is 7.74. The number of rotatable bonds is 5. The largest absolute Gasteiger partial charge is 0.468 e. The van der Waals surface area contributed by atoms with E-state index in [1.54, 1.807) is 19.9 Å². The zero-order valence-corrected chi connectivity index (χ0v) is 12.4. The molecular formula is C11H17NO4S2. The lowest BCUT2D eigenvalue weighted by Gasteiger charge is -2.19. The zero-order valence-electron chi connectivity index (χ0n) is 10.8. The van der Waals surface area contributed by atoms with Crippen LogP contribution in [0.15, 0.2) is 16.3 Å². The van der Waals surface area contributed by atoms with Gasteiger partial charge >= 0.3 is 5.97 Å². The third-order valence-electron chi connectivity index (χ3n) is 2.38. The molecule has 0 bridgehead atoms. The van der Waals surface area contributed by atoms with E-state index in [1.807, 2.05) is 6.92 Å². The Morgan fingerprint density at radius 2 is 2.00 bits per heavy atom. The van der Waals surface area contributed by atoms with Crippen molar-refractivity contribution in [3.8, 4) is 0 Å². The monoisotopic (exact) mass is 291 g/mol. The number of esters is 1. The van der Waals surface area contributed by atoms with Crippen molar-refractivity contribution in [2.45, 2.75) is 31.0 Å². The fourth-order valence-electron chi connectivity index (χ4n) is 1.37. The topological polar surface area (TPSA) is 72.5 Å². The maximum atomic E-state index is 12.1. The third-order valence-corrected chi connectivity index (χ3v) is 5.32. The number of ether oxygens (including phenoxy) is 1. The van der Waals surface area contributed by atoms with Crippen molar-refractivity contribution in [1.82, 2.24) is 4.72 Å². The minimum Gasteiger partial charge on any atom is -0.468 e. The van der Waals surface area contributed by atoms with E-state index in [-0.39, 0.29) is 10.1 Å². The number of carbonyl (C=O) groups is 1. The average molecular weight is 291 g/mol. The minimum absolute atomic E-state index is 0.187. The first-order valence-electron chi connectivity index (χ1n) is 5.44. The van der Waals surface area contributed by atoms with Gasteiger partial charge in [-0.05, 0) is 25.0 Å². The van der Waals surface area contributed by atoms with E-state index in [4.69, 9.17) is 0 Å². The molecule has 0 aliphatic rings. The second kappa shape index (κ2) is 5.81. The van der Waals surface area contributed by atoms with Crippen LogP contribution in [-0.4, -0.2) is 27.5 Å². The van der Waals surface area contributed by atoms with Crippen LogP contribution in [0.3, 0.4) is 0 Å². The highest BCUT2D eigenvalue weighted by atomic mass is 32.2. The van der Waals surface area contributed by atoms with Crippen LogP contribution in [0, 0.1) is 12.8 Å². The van der Waals surface area contributed by atoms with Gasteiger partial charge in [0.1, 0.15) is 10.3 Å². The lowest BCUT2D eigenvalue weighted by atomic mass is 10.1. The second-order valence-electron chi connectivity index (χ2n) is 4.23. The zero-order chi connectivity index (χ0) is 13.9. The highest BCUT2D eigenvalue weighted by Crippen LogP contribution is 2.21. The van der Waals surface area contributed by atoms with Crippen molar-refractivity contribution in [2.24, 2.45) is 5.92 Å². The summed E-state index contributed by atoms with van der Waals surface area (Å²) in [7, 11) is -2.43. The first-order chi connectivity index (χ1) is 8.27. The van der Waals surface area contributed by atoms with Gasteiger partial charge in [-0.15, -0.1) is 11.3 Å². The van der Waals surface area contributed by atoms with Crippen molar-refractivity contribution in [1.29, 1.82) is 0 Å². The van der Waals surface area contributed by atoms with E-state index in [0.717, 1.165) is 4.88 Å². The van der Waals surface area contributed by atoms with Crippen LogP contribution in [0.2, 0.25) is 0 Å². The number of aryl methyl sites for hydroxylation is 1. The summed E-state index contributed by atoms with van der Waals surface area (Å²) in [6.07, 6.45) is 0. The molecule has 1 aromatic rings. The predicted octanol–water partition coefficient (Wildman–Crippen LogP) is 1.53. The number of hydrogen-bond donors (Lipinski definition) is 1. The van der Waals surface area contributed by atoms with Crippen LogP contribution in [-0.2, 0) is 19.6 Å². The van der Waals surface area contributed by atoms with E-state index in [2.05, 4.69) is 9.46 Å². The van der Waals surface area contributed by atoms with Crippen molar-refractivity contribution in [2.75, 3.05) is 7.11 Å². The molecule has 7 heteroatoms. The fraction of sp³-hybridized carbons (Fsp3) is 0.545. The average Bonchev–Trinajstić information content (AvgIpc) is 2.72. The highest BCUT2D eigenvalue weighted by Gasteiger charge is 2.29. The molecule has 0 aliphatic heterocycles. The number of thiophene rings is 1. The number of hydrogen-bond acceptors (Lipinski definition) is 5. The Hall–Kier alpha value is -0.920. The Morgan fingerprint density at radius 1 is 1.39 bits per heavy atom. The summed E-state index contributed by atoms with van der Waals surface area (Å²) in [6.45, 7) is 5.33. The summed E-state index contributed by atoms with van der Waals surface area (Å²) >= 11 is 1.17. The quantitative estimate of drug-likeness (QED) is 0.835. The second-order valence-corrected chi connectivity index (χ2v) is 7.46. The number of methoxy groups -OCH3 is 1. The van der Waals surface area contributed by atoms with Crippen LogP contribution >= 0.6 is 11.3 Å². The SMILES string of the molecule is COC(=O)C(NS(=O)(=O)c1ccc(C)s1)C(C)C. The van der Waals surface area contributed by atoms with Gasteiger partial charge in [0.15, 0.2) is 0 Å². The van der Waals surface area contributed by atoms with E-state index >= 15 is 0 Å². The molecule has 1 aromatic heterocycles. The molecule has 1 unspecified atom stereocenters. The number of nitrogens with one attached hydrogen (secondary N) is 1. The summed E-state index contributed by atoms with van der Waals surface area (Å²) in [5.74, 6) is -0.768. The van der Waals surface area contributed by atoms with Crippen LogP contribution in [0.4, 0.5) is 0 Å². The summed E-state index contributed by atoms with van der Waals surface area (Å²) in [5.41, 5.74) is 0. The van der Waals surface area contributed by atoms with Gasteiger partial charge in [0.2, 0.25) is 0 Å². The van der Waals surface area contributed by atoms with Crippen LogP contribution in [0.25, 0.3) is 0 Å². The number of sulfonamides is 1. The van der Waals surface area contributed by atoms with Crippen molar-refractivity contribution >= 4 is 27.3 Å². The van der Waals surface area contributed by atoms with E-state index < -0.39 is 22.0 Å². The molecule has 0 aliphatic carbocycles. The van der Waals surface area contributed by atoms with Crippen LogP contribution in [0.5, 0.6) is 0 Å². The first kappa shape index (κ1) is 15.1. The van der Waals surface area contributed by atoms with Gasteiger partial charge in [0.05, 0.1) is 7.11 Å². The molecule has 1 rings (SSSR count). The lowest BCUT2D eigenvalue weighted by molar-refractivity contribution is -0.143. The third kappa shape index (κ3) is 3.54. The molecule has 1 atom stereocenters. The van der Waals surface area contributed by atoms with Crippen molar-refractivity contribution in [3.05, 3.63) is 17.0 Å². The van der Waals surface area contributed by atoms with Crippen molar-refractivity contribution in [3.63, 3.8) is 0 Å². The smallest absolute Gasteiger partial charge is 0.324 e. The maximum absolute atomic E-state index is 12.1. The normalized spacial score (nSPS) is 13.6. The van der Waals surface area contributed by atoms with Crippen molar-refractivity contribution < 1.29 is 17.9 Å². The van der Waals surface area contributed by atoms with Gasteiger partial charge in [-0.3, -0.25) is 4.79 Å². The Balaban J connectivity index is 2.97. The van der Waals surface area contributed by atoms with E-state index in [9.17, 15) is 13.2 Å². The van der Waals surface area contributed by atoms with E-state index in [0.29, 0.717) is 0 Å². The lowest BCUT2D eigenvalue weighted by Crippen LogP contribution is -2.44. The van der Waals surface area contributed by atoms with Gasteiger partial charge in [-0.2, -0.15) is 4.72 Å². The molecular weight excluding hydrogens is 274 g/mol.